The minimum atomic E-state index is 0.0596. The second-order valence-electron chi connectivity index (χ2n) is 5.74. The summed E-state index contributed by atoms with van der Waals surface area (Å²) in [5.41, 5.74) is 0.308. The summed E-state index contributed by atoms with van der Waals surface area (Å²) in [4.78, 5) is 13.4. The molecule has 1 aliphatic carbocycles. The fourth-order valence-corrected chi connectivity index (χ4v) is 4.21. The number of nitrogens with one attached hydrogen (secondary N) is 2. The van der Waals surface area contributed by atoms with Crippen LogP contribution in [-0.2, 0) is 4.79 Å². The first-order valence-electron chi connectivity index (χ1n) is 6.87. The highest BCUT2D eigenvalue weighted by atomic mass is 35.5. The highest BCUT2D eigenvalue weighted by Crippen LogP contribution is 2.58. The molecule has 1 aromatic rings. The maximum atomic E-state index is 12.3. The van der Waals surface area contributed by atoms with E-state index >= 15 is 0 Å². The average Bonchev–Trinajstić information content (AvgIpc) is 2.89. The van der Waals surface area contributed by atoms with Crippen molar-refractivity contribution in [1.29, 1.82) is 0 Å². The van der Waals surface area contributed by atoms with Crippen molar-refractivity contribution in [2.24, 2.45) is 11.3 Å². The number of thiophene rings is 1. The molecule has 0 radical (unpaired) electrons. The number of carbonyl (C=O) groups is 1. The van der Waals surface area contributed by atoms with E-state index in [2.05, 4.69) is 10.6 Å². The smallest absolute Gasteiger partial charge is 0.224 e. The summed E-state index contributed by atoms with van der Waals surface area (Å²) in [6.45, 7) is 4.14. The standard InChI is InChI=1S/C14H19ClN2OS/c1-9(11-2-3-12(15)19-11)17-13(18)10-8-14(10)4-6-16-7-5-14/h2-3,9-10,16H,4-8H2,1H3,(H,17,18). The van der Waals surface area contributed by atoms with Gasteiger partial charge in [-0.05, 0) is 56.8 Å². The molecule has 5 heteroatoms. The normalized spacial score (nSPS) is 26.1. The zero-order chi connectivity index (χ0) is 13.5. The third kappa shape index (κ3) is 2.67. The number of rotatable bonds is 3. The van der Waals surface area contributed by atoms with Crippen LogP contribution in [0.3, 0.4) is 0 Å². The number of hydrogen-bond acceptors (Lipinski definition) is 3. The lowest BCUT2D eigenvalue weighted by Crippen LogP contribution is -2.34. The first-order valence-corrected chi connectivity index (χ1v) is 8.06. The highest BCUT2D eigenvalue weighted by molar-refractivity contribution is 7.16. The van der Waals surface area contributed by atoms with Crippen LogP contribution >= 0.6 is 22.9 Å². The topological polar surface area (TPSA) is 41.1 Å². The molecule has 1 saturated heterocycles. The Labute approximate surface area is 122 Å². The molecule has 104 valence electrons. The Morgan fingerprint density at radius 3 is 2.89 bits per heavy atom. The number of hydrogen-bond donors (Lipinski definition) is 2. The Hall–Kier alpha value is -0.580. The third-order valence-electron chi connectivity index (χ3n) is 4.49. The monoisotopic (exact) mass is 298 g/mol. The number of carbonyl (C=O) groups excluding carboxylic acids is 1. The van der Waals surface area contributed by atoms with Gasteiger partial charge in [0.15, 0.2) is 0 Å². The molecule has 1 aliphatic heterocycles. The van der Waals surface area contributed by atoms with E-state index in [1.807, 2.05) is 19.1 Å². The molecule has 0 bridgehead atoms. The Bertz CT molecular complexity index is 482. The van der Waals surface area contributed by atoms with Crippen LogP contribution in [0.1, 0.15) is 37.1 Å². The molecule has 1 spiro atoms. The van der Waals surface area contributed by atoms with Crippen molar-refractivity contribution in [3.05, 3.63) is 21.3 Å². The third-order valence-corrected chi connectivity index (χ3v) is 5.90. The van der Waals surface area contributed by atoms with Crippen LogP contribution in [0.15, 0.2) is 12.1 Å². The van der Waals surface area contributed by atoms with Gasteiger partial charge in [0.2, 0.25) is 5.91 Å². The maximum absolute atomic E-state index is 12.3. The van der Waals surface area contributed by atoms with Gasteiger partial charge >= 0.3 is 0 Å². The maximum Gasteiger partial charge on any atom is 0.224 e. The average molecular weight is 299 g/mol. The largest absolute Gasteiger partial charge is 0.349 e. The molecule has 2 fully saturated rings. The van der Waals surface area contributed by atoms with E-state index in [0.29, 0.717) is 5.41 Å². The Kier molecular flexibility index (Phi) is 3.58. The second kappa shape index (κ2) is 5.08. The zero-order valence-corrected chi connectivity index (χ0v) is 12.6. The minimum absolute atomic E-state index is 0.0596. The van der Waals surface area contributed by atoms with E-state index in [4.69, 9.17) is 11.6 Å². The van der Waals surface area contributed by atoms with Crippen molar-refractivity contribution in [2.45, 2.75) is 32.2 Å². The predicted octanol–water partition coefficient (Wildman–Crippen LogP) is 2.97. The second-order valence-corrected chi connectivity index (χ2v) is 7.49. The molecule has 1 aromatic heterocycles. The molecule has 2 heterocycles. The zero-order valence-electron chi connectivity index (χ0n) is 11.0. The van der Waals surface area contributed by atoms with Gasteiger partial charge in [-0.2, -0.15) is 0 Å². The first kappa shape index (κ1) is 13.4. The van der Waals surface area contributed by atoms with Crippen LogP contribution < -0.4 is 10.6 Å². The van der Waals surface area contributed by atoms with Crippen molar-refractivity contribution < 1.29 is 4.79 Å². The van der Waals surface area contributed by atoms with Crippen molar-refractivity contribution in [3.63, 3.8) is 0 Å². The lowest BCUT2D eigenvalue weighted by molar-refractivity contribution is -0.123. The summed E-state index contributed by atoms with van der Waals surface area (Å²) in [7, 11) is 0. The molecule has 19 heavy (non-hydrogen) atoms. The number of halogens is 1. The molecule has 2 unspecified atom stereocenters. The van der Waals surface area contributed by atoms with E-state index in [1.54, 1.807) is 0 Å². The van der Waals surface area contributed by atoms with E-state index in [0.717, 1.165) is 41.6 Å². The summed E-state index contributed by atoms with van der Waals surface area (Å²) in [6.07, 6.45) is 3.35. The first-order chi connectivity index (χ1) is 9.11. The van der Waals surface area contributed by atoms with Crippen LogP contribution in [-0.4, -0.2) is 19.0 Å². The van der Waals surface area contributed by atoms with Gasteiger partial charge in [0, 0.05) is 10.8 Å². The lowest BCUT2D eigenvalue weighted by Gasteiger charge is -2.23. The SMILES string of the molecule is CC(NC(=O)C1CC12CCNCC2)c1ccc(Cl)s1. The molecule has 2 N–H and O–H groups in total. The van der Waals surface area contributed by atoms with Gasteiger partial charge in [0.25, 0.3) is 0 Å². The fourth-order valence-electron chi connectivity index (χ4n) is 3.14. The molecule has 1 saturated carbocycles. The number of amides is 1. The Balaban J connectivity index is 1.57. The highest BCUT2D eigenvalue weighted by Gasteiger charge is 2.57. The fraction of sp³-hybridized carbons (Fsp3) is 0.643. The van der Waals surface area contributed by atoms with Crippen LogP contribution in [0.2, 0.25) is 4.34 Å². The molecule has 0 aromatic carbocycles. The molecule has 2 atom stereocenters. The number of piperidine rings is 1. The summed E-state index contributed by atoms with van der Waals surface area (Å²) >= 11 is 7.47. The quantitative estimate of drug-likeness (QED) is 0.901. The molecular weight excluding hydrogens is 280 g/mol. The van der Waals surface area contributed by atoms with Crippen LogP contribution in [0.5, 0.6) is 0 Å². The van der Waals surface area contributed by atoms with Gasteiger partial charge < -0.3 is 10.6 Å². The van der Waals surface area contributed by atoms with Crippen molar-refractivity contribution in [3.8, 4) is 0 Å². The minimum Gasteiger partial charge on any atom is -0.349 e. The van der Waals surface area contributed by atoms with Crippen LogP contribution in [0.4, 0.5) is 0 Å². The van der Waals surface area contributed by atoms with E-state index < -0.39 is 0 Å². The van der Waals surface area contributed by atoms with E-state index in [1.165, 1.54) is 11.3 Å². The molecule has 1 amide bonds. The Morgan fingerprint density at radius 2 is 2.26 bits per heavy atom. The summed E-state index contributed by atoms with van der Waals surface area (Å²) in [5, 5.41) is 6.50. The van der Waals surface area contributed by atoms with Gasteiger partial charge in [0.05, 0.1) is 10.4 Å². The molecule has 2 aliphatic rings. The van der Waals surface area contributed by atoms with Crippen molar-refractivity contribution >= 4 is 28.8 Å². The van der Waals surface area contributed by atoms with Gasteiger partial charge in [-0.25, -0.2) is 0 Å². The van der Waals surface area contributed by atoms with Crippen LogP contribution in [0, 0.1) is 11.3 Å². The summed E-state index contributed by atoms with van der Waals surface area (Å²) in [6, 6.07) is 3.94. The molecule has 3 nitrogen and oxygen atoms in total. The predicted molar refractivity (Wildman–Crippen MR) is 78.5 cm³/mol. The van der Waals surface area contributed by atoms with Gasteiger partial charge in [-0.1, -0.05) is 11.6 Å². The Morgan fingerprint density at radius 1 is 1.53 bits per heavy atom. The van der Waals surface area contributed by atoms with Crippen molar-refractivity contribution in [1.82, 2.24) is 10.6 Å². The van der Waals surface area contributed by atoms with E-state index in [9.17, 15) is 4.79 Å². The summed E-state index contributed by atoms with van der Waals surface area (Å²) < 4.78 is 0.775. The van der Waals surface area contributed by atoms with Gasteiger partial charge in [-0.3, -0.25) is 4.79 Å². The van der Waals surface area contributed by atoms with Crippen molar-refractivity contribution in [2.75, 3.05) is 13.1 Å². The van der Waals surface area contributed by atoms with Gasteiger partial charge in [-0.15, -0.1) is 11.3 Å². The molecular formula is C14H19ClN2OS. The lowest BCUT2D eigenvalue weighted by atomic mass is 9.91. The van der Waals surface area contributed by atoms with Gasteiger partial charge in [0.1, 0.15) is 0 Å². The van der Waals surface area contributed by atoms with Crippen LogP contribution in [0.25, 0.3) is 0 Å². The van der Waals surface area contributed by atoms with E-state index in [-0.39, 0.29) is 17.9 Å². The summed E-state index contributed by atoms with van der Waals surface area (Å²) in [5.74, 6) is 0.450. The molecule has 3 rings (SSSR count).